The number of nitro groups is 2. The fourth-order valence-electron chi connectivity index (χ4n) is 6.08. The Bertz CT molecular complexity index is 2550. The molecule has 8 rings (SSSR count). The Kier molecular flexibility index (Phi) is 13.1. The molecule has 6 aromatic carbocycles. The van der Waals surface area contributed by atoms with Gasteiger partial charge in [-0.25, -0.2) is 0 Å². The van der Waals surface area contributed by atoms with Crippen molar-refractivity contribution in [3.63, 3.8) is 0 Å². The third-order valence-corrected chi connectivity index (χ3v) is 8.89. The molecule has 0 unspecified atom stereocenters. The molecule has 298 valence electrons. The average molecular weight is 836 g/mol. The number of halogens is 2. The molecular weight excluding hydrogens is 803 g/mol. The van der Waals surface area contributed by atoms with Gasteiger partial charge in [-0.15, -0.1) is 0 Å². The van der Waals surface area contributed by atoms with Crippen molar-refractivity contribution in [3.05, 3.63) is 166 Å². The summed E-state index contributed by atoms with van der Waals surface area (Å²) in [6.45, 7) is 0. The largest absolute Gasteiger partial charge is 1.00 e. The molecule has 0 saturated heterocycles. The fraction of sp³-hybridized carbons (Fsp3) is 0.0500. The van der Waals surface area contributed by atoms with Gasteiger partial charge in [-0.2, -0.15) is 0 Å². The fourth-order valence-corrected chi connectivity index (χ4v) is 6.08. The number of nitrogens with zero attached hydrogens (tertiary/aromatic N) is 10. The van der Waals surface area contributed by atoms with Gasteiger partial charge in [0.2, 0.25) is 11.4 Å². The van der Waals surface area contributed by atoms with E-state index in [-0.39, 0.29) is 41.7 Å². The molecule has 0 fully saturated rings. The molecule has 19 heteroatoms. The zero-order valence-electron chi connectivity index (χ0n) is 31.0. The lowest BCUT2D eigenvalue weighted by atomic mass is 10.0. The van der Waals surface area contributed by atoms with Crippen LogP contribution in [0.25, 0.3) is 56.7 Å². The zero-order chi connectivity index (χ0) is 38.8. The second-order valence-electron chi connectivity index (χ2n) is 12.3. The van der Waals surface area contributed by atoms with Gasteiger partial charge in [-0.1, -0.05) is 36.4 Å². The monoisotopic (exact) mass is 834 g/mol. The lowest BCUT2D eigenvalue weighted by Crippen LogP contribution is -3.00. The van der Waals surface area contributed by atoms with Crippen LogP contribution < -0.4 is 43.9 Å². The second-order valence-corrected chi connectivity index (χ2v) is 12.3. The third-order valence-electron chi connectivity index (χ3n) is 8.89. The maximum absolute atomic E-state index is 11.4. The summed E-state index contributed by atoms with van der Waals surface area (Å²) in [5, 5.41) is 41.9. The van der Waals surface area contributed by atoms with Crippen LogP contribution in [-0.2, 0) is 0 Å². The van der Waals surface area contributed by atoms with E-state index < -0.39 is 9.85 Å². The van der Waals surface area contributed by atoms with Crippen molar-refractivity contribution in [3.8, 4) is 68.2 Å². The van der Waals surface area contributed by atoms with Gasteiger partial charge >= 0.3 is 11.6 Å². The van der Waals surface area contributed by atoms with Crippen molar-refractivity contribution in [2.24, 2.45) is 0 Å². The van der Waals surface area contributed by atoms with Crippen LogP contribution in [0.1, 0.15) is 0 Å². The number of non-ortho nitro benzene ring substituents is 2. The predicted molar refractivity (Wildman–Crippen MR) is 206 cm³/mol. The molecule has 0 bridgehead atoms. The molecule has 2 N–H and O–H groups in total. The Morgan fingerprint density at radius 1 is 0.508 bits per heavy atom. The van der Waals surface area contributed by atoms with Gasteiger partial charge in [0.05, 0.1) is 45.4 Å². The molecule has 2 aromatic heterocycles. The Morgan fingerprint density at radius 2 is 0.864 bits per heavy atom. The van der Waals surface area contributed by atoms with Gasteiger partial charge in [-0.05, 0) is 116 Å². The molecule has 17 nitrogen and oxygen atoms in total. The molecule has 0 amide bonds. The number of ether oxygens (including phenoxy) is 2. The van der Waals surface area contributed by atoms with Gasteiger partial charge in [0.15, 0.2) is 11.5 Å². The van der Waals surface area contributed by atoms with E-state index in [4.69, 9.17) is 29.9 Å². The summed E-state index contributed by atoms with van der Waals surface area (Å²) in [5.41, 5.74) is 5.28. The summed E-state index contributed by atoms with van der Waals surface area (Å²) in [4.78, 5) is 28.1. The summed E-state index contributed by atoms with van der Waals surface area (Å²) >= 11 is 0. The lowest BCUT2D eigenvalue weighted by molar-refractivity contribution is -0.734. The number of nitro benzene ring substituents is 2. The molecule has 0 saturated carbocycles. The van der Waals surface area contributed by atoms with Crippen LogP contribution in [-0.4, -0.2) is 59.5 Å². The first-order chi connectivity index (χ1) is 27.3. The molecule has 0 atom stereocenters. The maximum atomic E-state index is 11.4. The highest BCUT2D eigenvalue weighted by Crippen LogP contribution is 2.32. The van der Waals surface area contributed by atoms with E-state index in [1.54, 1.807) is 57.7 Å². The van der Waals surface area contributed by atoms with E-state index in [1.165, 1.54) is 24.3 Å². The number of hydrogen-bond donors (Lipinski definition) is 0. The number of benzene rings is 6. The van der Waals surface area contributed by atoms with Crippen LogP contribution in [0.15, 0.2) is 146 Å². The molecule has 0 radical (unpaired) electrons. The minimum atomic E-state index is -0.456. The van der Waals surface area contributed by atoms with Gasteiger partial charge in [-0.3, -0.25) is 20.2 Å². The van der Waals surface area contributed by atoms with Crippen LogP contribution in [0.5, 0.6) is 11.5 Å². The van der Waals surface area contributed by atoms with Crippen molar-refractivity contribution in [2.45, 2.75) is 0 Å². The predicted octanol–water partition coefficient (Wildman–Crippen LogP) is -0.581. The van der Waals surface area contributed by atoms with Crippen molar-refractivity contribution < 1.29 is 59.2 Å². The number of hydrogen-bond acceptors (Lipinski definition) is 10. The molecular formula is C40H32Cl2N10O7. The Balaban J connectivity index is 0.00000220. The van der Waals surface area contributed by atoms with Crippen LogP contribution in [0.3, 0.4) is 0 Å². The first-order valence-electron chi connectivity index (χ1n) is 17.1. The molecule has 0 spiro atoms. The summed E-state index contributed by atoms with van der Waals surface area (Å²) in [6, 6.07) is 42.3. The molecule has 0 aliphatic rings. The lowest BCUT2D eigenvalue weighted by Gasteiger charge is -2.11. The zero-order valence-corrected chi connectivity index (χ0v) is 32.5. The van der Waals surface area contributed by atoms with E-state index in [0.29, 0.717) is 45.9 Å². The molecule has 0 aliphatic heterocycles. The Hall–Kier alpha value is -7.60. The molecule has 59 heavy (non-hydrogen) atoms. The highest BCUT2D eigenvalue weighted by atomic mass is 35.5. The normalized spacial score (nSPS) is 10.4. The van der Waals surface area contributed by atoms with Crippen molar-refractivity contribution in [1.29, 1.82) is 0 Å². The van der Waals surface area contributed by atoms with Crippen LogP contribution >= 0.6 is 0 Å². The standard InChI is InChI=1S/C40H30N10O6.2ClH.H2O/c1-55-37-25-29(13-23-35(37)47-43-39(27-9-5-3-6-10-27)41-45(47)31-15-19-33(20-16-31)49(51)52)30-14-24-36(38(26-30)56-2)48-44-40(28-11-7-4-8-12-28)42-46(48)32-17-21-34(22-18-32)50(53)54;;;/h3-26H,1-2H3;2*1H;1H2/q+2;;;/p-2. The van der Waals surface area contributed by atoms with Crippen LogP contribution in [0.2, 0.25) is 0 Å². The maximum Gasteiger partial charge on any atom is 0.340 e. The van der Waals surface area contributed by atoms with Crippen molar-refractivity contribution >= 4 is 11.4 Å². The average Bonchev–Trinajstić information content (AvgIpc) is 3.90. The Morgan fingerprint density at radius 3 is 1.19 bits per heavy atom. The Labute approximate surface area is 347 Å². The van der Waals surface area contributed by atoms with Gasteiger partial charge in [0.1, 0.15) is 11.4 Å². The van der Waals surface area contributed by atoms with E-state index in [9.17, 15) is 20.2 Å². The number of rotatable bonds is 11. The van der Waals surface area contributed by atoms with E-state index >= 15 is 0 Å². The molecule has 0 aliphatic carbocycles. The quantitative estimate of drug-likeness (QED) is 0.0921. The highest BCUT2D eigenvalue weighted by molar-refractivity contribution is 5.70. The first-order valence-corrected chi connectivity index (χ1v) is 17.1. The molecule has 8 aromatic rings. The topological polar surface area (TPSA) is 205 Å². The third kappa shape index (κ3) is 8.42. The smallest absolute Gasteiger partial charge is 0.340 e. The summed E-state index contributed by atoms with van der Waals surface area (Å²) < 4.78 is 11.8. The molecule has 2 heterocycles. The van der Waals surface area contributed by atoms with E-state index in [2.05, 4.69) is 0 Å². The van der Waals surface area contributed by atoms with Gasteiger partial charge in [0.25, 0.3) is 11.4 Å². The van der Waals surface area contributed by atoms with E-state index in [1.807, 2.05) is 97.1 Å². The first kappa shape index (κ1) is 42.5. The summed E-state index contributed by atoms with van der Waals surface area (Å²) in [7, 11) is 3.12. The van der Waals surface area contributed by atoms with Gasteiger partial charge < -0.3 is 39.8 Å². The number of aromatic nitrogens is 8. The van der Waals surface area contributed by atoms with E-state index in [0.717, 1.165) is 22.3 Å². The SMILES string of the molecule is COc1cc(-c2ccc(-[n+]3nc(-c4ccccc4)nn3-c3ccc([N+](=O)[O-])cc3)c(OC)c2)ccc1-[n+]1nc(-c2ccccc2)nn1-c1ccc([N+](=O)[O-])cc1.O.[Cl-].[Cl-]. The second kappa shape index (κ2) is 18.1. The minimum Gasteiger partial charge on any atom is -1.00 e. The summed E-state index contributed by atoms with van der Waals surface area (Å²) in [5.74, 6) is 1.82. The minimum absolute atomic E-state index is 0. The van der Waals surface area contributed by atoms with Crippen LogP contribution in [0, 0.1) is 20.2 Å². The van der Waals surface area contributed by atoms with Crippen molar-refractivity contribution in [1.82, 2.24) is 30.0 Å². The van der Waals surface area contributed by atoms with Gasteiger partial charge in [0, 0.05) is 33.9 Å². The number of tetrazole rings is 2. The number of methoxy groups -OCH3 is 2. The van der Waals surface area contributed by atoms with Crippen LogP contribution in [0.4, 0.5) is 11.4 Å². The summed E-state index contributed by atoms with van der Waals surface area (Å²) in [6.07, 6.45) is 0. The highest BCUT2D eigenvalue weighted by Gasteiger charge is 2.29. The van der Waals surface area contributed by atoms with Crippen molar-refractivity contribution in [2.75, 3.05) is 14.2 Å².